The lowest BCUT2D eigenvalue weighted by Gasteiger charge is -2.05. The maximum atomic E-state index is 11.6. The number of ether oxygens (including phenoxy) is 1. The van der Waals surface area contributed by atoms with Gasteiger partial charge >= 0.3 is 5.97 Å². The molecule has 1 aromatic heterocycles. The molecule has 0 bridgehead atoms. The molecule has 114 valence electrons. The number of nitrogens with two attached hydrogens (primary N) is 2. The summed E-state index contributed by atoms with van der Waals surface area (Å²) in [6, 6.07) is 10.1. The second-order valence-corrected chi connectivity index (χ2v) is 4.53. The van der Waals surface area contributed by atoms with Gasteiger partial charge in [0.15, 0.2) is 11.6 Å². The highest BCUT2D eigenvalue weighted by atomic mass is 16.5. The fourth-order valence-corrected chi connectivity index (χ4v) is 1.68. The topological polar surface area (TPSA) is 116 Å². The van der Waals surface area contributed by atoms with Crippen LogP contribution in [0.15, 0.2) is 46.6 Å². The third kappa shape index (κ3) is 4.02. The average Bonchev–Trinajstić information content (AvgIpc) is 2.48. The number of pyridine rings is 1. The second kappa shape index (κ2) is 7.16. The number of esters is 1. The smallest absolute Gasteiger partial charge is 0.311 e. The van der Waals surface area contributed by atoms with Crippen LogP contribution in [0.25, 0.3) is 0 Å². The van der Waals surface area contributed by atoms with Crippen LogP contribution >= 0.6 is 0 Å². The lowest BCUT2D eigenvalue weighted by atomic mass is 10.3. The Morgan fingerprint density at radius 3 is 2.59 bits per heavy atom. The van der Waals surface area contributed by atoms with Gasteiger partial charge in [0.25, 0.3) is 0 Å². The van der Waals surface area contributed by atoms with Gasteiger partial charge in [-0.15, -0.1) is 10.2 Å². The van der Waals surface area contributed by atoms with E-state index in [1.165, 1.54) is 0 Å². The summed E-state index contributed by atoms with van der Waals surface area (Å²) in [6.07, 6.45) is 1.07. The standard InChI is InChI=1S/C15H17N5O2/c1-2-5-14(21)22-12-7-4-3-6-10(12)19-20-11-8-9-13(16)18-15(11)17/h3-4,6-9H,2,5H2,1H3,(H4,16,17,18). The zero-order valence-corrected chi connectivity index (χ0v) is 12.2. The van der Waals surface area contributed by atoms with E-state index in [0.29, 0.717) is 29.4 Å². The number of aromatic nitrogens is 1. The molecule has 22 heavy (non-hydrogen) atoms. The molecule has 0 saturated carbocycles. The van der Waals surface area contributed by atoms with Crippen molar-refractivity contribution in [2.24, 2.45) is 10.2 Å². The van der Waals surface area contributed by atoms with E-state index in [1.54, 1.807) is 36.4 Å². The third-order valence-corrected chi connectivity index (χ3v) is 2.73. The predicted molar refractivity (Wildman–Crippen MR) is 84.2 cm³/mol. The van der Waals surface area contributed by atoms with Gasteiger partial charge in [0, 0.05) is 6.42 Å². The third-order valence-electron chi connectivity index (χ3n) is 2.73. The van der Waals surface area contributed by atoms with Crippen LogP contribution in [0.3, 0.4) is 0 Å². The number of benzene rings is 1. The quantitative estimate of drug-likeness (QED) is 0.499. The lowest BCUT2D eigenvalue weighted by molar-refractivity contribution is -0.134. The van der Waals surface area contributed by atoms with Gasteiger partial charge in [0.2, 0.25) is 0 Å². The SMILES string of the molecule is CCCC(=O)Oc1ccccc1N=Nc1ccc(N)nc1N. The van der Waals surface area contributed by atoms with Crippen LogP contribution in [0.4, 0.5) is 23.0 Å². The summed E-state index contributed by atoms with van der Waals surface area (Å²) < 4.78 is 5.26. The summed E-state index contributed by atoms with van der Waals surface area (Å²) in [7, 11) is 0. The summed E-state index contributed by atoms with van der Waals surface area (Å²) in [4.78, 5) is 15.5. The molecule has 7 nitrogen and oxygen atoms in total. The first-order valence-corrected chi connectivity index (χ1v) is 6.83. The van der Waals surface area contributed by atoms with Crippen molar-refractivity contribution in [1.82, 2.24) is 4.98 Å². The van der Waals surface area contributed by atoms with Crippen LogP contribution < -0.4 is 16.2 Å². The Morgan fingerprint density at radius 2 is 1.86 bits per heavy atom. The maximum Gasteiger partial charge on any atom is 0.311 e. The van der Waals surface area contributed by atoms with Gasteiger partial charge < -0.3 is 16.2 Å². The fourth-order valence-electron chi connectivity index (χ4n) is 1.68. The highest BCUT2D eigenvalue weighted by Crippen LogP contribution is 2.30. The normalized spacial score (nSPS) is 10.8. The van der Waals surface area contributed by atoms with E-state index in [9.17, 15) is 4.79 Å². The molecule has 0 radical (unpaired) electrons. The van der Waals surface area contributed by atoms with Gasteiger partial charge in [-0.1, -0.05) is 19.1 Å². The predicted octanol–water partition coefficient (Wildman–Crippen LogP) is 3.37. The van der Waals surface area contributed by atoms with Crippen LogP contribution in [-0.4, -0.2) is 11.0 Å². The molecular weight excluding hydrogens is 282 g/mol. The van der Waals surface area contributed by atoms with Crippen molar-refractivity contribution in [2.45, 2.75) is 19.8 Å². The summed E-state index contributed by atoms with van der Waals surface area (Å²) in [6.45, 7) is 1.91. The molecule has 0 fully saturated rings. The van der Waals surface area contributed by atoms with Crippen molar-refractivity contribution in [3.8, 4) is 5.75 Å². The zero-order chi connectivity index (χ0) is 15.9. The van der Waals surface area contributed by atoms with Gasteiger partial charge in [-0.2, -0.15) is 0 Å². The van der Waals surface area contributed by atoms with Crippen LogP contribution in [0.1, 0.15) is 19.8 Å². The van der Waals surface area contributed by atoms with Crippen LogP contribution in [0.2, 0.25) is 0 Å². The molecule has 0 unspecified atom stereocenters. The molecule has 0 saturated heterocycles. The van der Waals surface area contributed by atoms with Gasteiger partial charge in [0.1, 0.15) is 17.2 Å². The molecule has 0 aliphatic rings. The Bertz CT molecular complexity index is 700. The number of carbonyl (C=O) groups excluding carboxylic acids is 1. The van der Waals surface area contributed by atoms with E-state index in [0.717, 1.165) is 6.42 Å². The number of carbonyl (C=O) groups is 1. The van der Waals surface area contributed by atoms with E-state index < -0.39 is 0 Å². The number of azo groups is 1. The van der Waals surface area contributed by atoms with Crippen molar-refractivity contribution >= 4 is 29.0 Å². The maximum absolute atomic E-state index is 11.6. The number of para-hydroxylation sites is 1. The zero-order valence-electron chi connectivity index (χ0n) is 12.2. The first-order valence-electron chi connectivity index (χ1n) is 6.83. The fraction of sp³-hybridized carbons (Fsp3) is 0.200. The van der Waals surface area contributed by atoms with Crippen molar-refractivity contribution in [2.75, 3.05) is 11.5 Å². The van der Waals surface area contributed by atoms with Gasteiger partial charge in [-0.05, 0) is 30.7 Å². The minimum atomic E-state index is -0.307. The largest absolute Gasteiger partial charge is 0.424 e. The number of nitrogens with zero attached hydrogens (tertiary/aromatic N) is 3. The van der Waals surface area contributed by atoms with Gasteiger partial charge in [0.05, 0.1) is 0 Å². The average molecular weight is 299 g/mol. The Kier molecular flexibility index (Phi) is 5.02. The second-order valence-electron chi connectivity index (χ2n) is 4.53. The molecular formula is C15H17N5O2. The highest BCUT2D eigenvalue weighted by Gasteiger charge is 2.08. The molecule has 2 aromatic rings. The highest BCUT2D eigenvalue weighted by molar-refractivity contribution is 5.74. The molecule has 4 N–H and O–H groups in total. The number of hydrogen-bond acceptors (Lipinski definition) is 7. The summed E-state index contributed by atoms with van der Waals surface area (Å²) in [5.74, 6) is 0.542. The molecule has 0 spiro atoms. The van der Waals surface area contributed by atoms with Crippen LogP contribution in [0, 0.1) is 0 Å². The van der Waals surface area contributed by atoms with Crippen LogP contribution in [0.5, 0.6) is 5.75 Å². The van der Waals surface area contributed by atoms with E-state index in [2.05, 4.69) is 15.2 Å². The summed E-state index contributed by atoms with van der Waals surface area (Å²) in [5, 5.41) is 8.09. The molecule has 1 heterocycles. The summed E-state index contributed by atoms with van der Waals surface area (Å²) >= 11 is 0. The first kappa shape index (κ1) is 15.4. The Hall–Kier alpha value is -2.96. The molecule has 0 amide bonds. The number of anilines is 2. The number of hydrogen-bond donors (Lipinski definition) is 2. The number of rotatable bonds is 5. The van der Waals surface area contributed by atoms with Crippen molar-refractivity contribution in [3.05, 3.63) is 36.4 Å². The van der Waals surface area contributed by atoms with E-state index >= 15 is 0 Å². The van der Waals surface area contributed by atoms with E-state index in [-0.39, 0.29) is 11.8 Å². The summed E-state index contributed by atoms with van der Waals surface area (Å²) in [5.41, 5.74) is 12.1. The minimum absolute atomic E-state index is 0.184. The first-order chi connectivity index (χ1) is 10.6. The van der Waals surface area contributed by atoms with Crippen molar-refractivity contribution in [1.29, 1.82) is 0 Å². The van der Waals surface area contributed by atoms with E-state index in [4.69, 9.17) is 16.2 Å². The van der Waals surface area contributed by atoms with Crippen molar-refractivity contribution < 1.29 is 9.53 Å². The Labute approximate surface area is 128 Å². The monoisotopic (exact) mass is 299 g/mol. The molecule has 2 rings (SSSR count). The van der Waals surface area contributed by atoms with Crippen LogP contribution in [-0.2, 0) is 4.79 Å². The van der Waals surface area contributed by atoms with Gasteiger partial charge in [-0.25, -0.2) is 4.98 Å². The van der Waals surface area contributed by atoms with Crippen molar-refractivity contribution in [3.63, 3.8) is 0 Å². The number of nitrogen functional groups attached to an aromatic ring is 2. The Balaban J connectivity index is 2.22. The Morgan fingerprint density at radius 1 is 1.14 bits per heavy atom. The minimum Gasteiger partial charge on any atom is -0.424 e. The molecule has 0 atom stereocenters. The molecule has 1 aromatic carbocycles. The molecule has 7 heteroatoms. The van der Waals surface area contributed by atoms with Gasteiger partial charge in [-0.3, -0.25) is 4.79 Å². The molecule has 0 aliphatic carbocycles. The lowest BCUT2D eigenvalue weighted by Crippen LogP contribution is -2.06. The van der Waals surface area contributed by atoms with E-state index in [1.807, 2.05) is 6.92 Å². The molecule has 0 aliphatic heterocycles.